The van der Waals surface area contributed by atoms with Gasteiger partial charge in [-0.2, -0.15) is 5.10 Å². The first-order chi connectivity index (χ1) is 14.6. The van der Waals surface area contributed by atoms with E-state index in [4.69, 9.17) is 4.74 Å². The van der Waals surface area contributed by atoms with Crippen molar-refractivity contribution in [3.8, 4) is 5.69 Å². The number of carbonyl (C=O) groups excluding carboxylic acids is 1. The van der Waals surface area contributed by atoms with Crippen LogP contribution in [0.4, 0.5) is 0 Å². The van der Waals surface area contributed by atoms with E-state index in [0.29, 0.717) is 19.6 Å². The summed E-state index contributed by atoms with van der Waals surface area (Å²) in [4.78, 5) is 19.3. The van der Waals surface area contributed by atoms with Gasteiger partial charge in [-0.05, 0) is 51.0 Å². The molecule has 1 atom stereocenters. The van der Waals surface area contributed by atoms with Crippen LogP contribution in [0.2, 0.25) is 0 Å². The first-order valence-electron chi connectivity index (χ1n) is 10.5. The quantitative estimate of drug-likeness (QED) is 0.629. The van der Waals surface area contributed by atoms with Gasteiger partial charge in [0, 0.05) is 30.5 Å². The smallest absolute Gasteiger partial charge is 0.227 e. The van der Waals surface area contributed by atoms with Gasteiger partial charge in [0.15, 0.2) is 0 Å². The highest BCUT2D eigenvalue weighted by Gasteiger charge is 2.26. The summed E-state index contributed by atoms with van der Waals surface area (Å²) in [5, 5.41) is 4.67. The van der Waals surface area contributed by atoms with Crippen molar-refractivity contribution in [1.29, 1.82) is 0 Å². The Labute approximate surface area is 177 Å². The van der Waals surface area contributed by atoms with Crippen LogP contribution in [-0.4, -0.2) is 44.8 Å². The molecule has 1 fully saturated rings. The number of hydrogen-bond acceptors (Lipinski definition) is 4. The maximum atomic E-state index is 13.1. The molecule has 6 heteroatoms. The van der Waals surface area contributed by atoms with Crippen molar-refractivity contribution in [1.82, 2.24) is 19.7 Å². The number of pyridine rings is 1. The van der Waals surface area contributed by atoms with Gasteiger partial charge in [0.25, 0.3) is 0 Å². The van der Waals surface area contributed by atoms with Gasteiger partial charge in [-0.15, -0.1) is 0 Å². The van der Waals surface area contributed by atoms with E-state index in [1.54, 1.807) is 6.20 Å². The molecule has 3 heterocycles. The molecular formula is C24H28N4O2. The van der Waals surface area contributed by atoms with Gasteiger partial charge in [0.05, 0.1) is 36.2 Å². The maximum absolute atomic E-state index is 13.1. The highest BCUT2D eigenvalue weighted by atomic mass is 16.5. The minimum atomic E-state index is 0.0546. The van der Waals surface area contributed by atoms with Crippen molar-refractivity contribution in [2.24, 2.45) is 0 Å². The Morgan fingerprint density at radius 3 is 2.70 bits per heavy atom. The summed E-state index contributed by atoms with van der Waals surface area (Å²) < 4.78 is 7.96. The highest BCUT2D eigenvalue weighted by Crippen LogP contribution is 2.21. The number of amides is 1. The van der Waals surface area contributed by atoms with Crippen LogP contribution in [0.1, 0.15) is 35.5 Å². The number of ether oxygens (including phenoxy) is 1. The van der Waals surface area contributed by atoms with E-state index < -0.39 is 0 Å². The average molecular weight is 405 g/mol. The molecule has 30 heavy (non-hydrogen) atoms. The standard InChI is InChI=1S/C24H28N4O2/c1-18-23(19(2)28(26-18)21-10-4-3-5-11-21)15-24(29)27-14-8-12-22(16-27)30-17-20-9-6-7-13-25-20/h3-7,9-11,13,22H,8,12,14-17H2,1-2H3. The van der Waals surface area contributed by atoms with Gasteiger partial charge < -0.3 is 9.64 Å². The molecule has 4 rings (SSSR count). The number of aryl methyl sites for hydroxylation is 1. The molecule has 6 nitrogen and oxygen atoms in total. The van der Waals surface area contributed by atoms with Crippen molar-refractivity contribution in [3.63, 3.8) is 0 Å². The second-order valence-electron chi connectivity index (χ2n) is 7.81. The van der Waals surface area contributed by atoms with Crippen LogP contribution in [0.15, 0.2) is 54.7 Å². The van der Waals surface area contributed by atoms with E-state index in [1.807, 2.05) is 72.0 Å². The SMILES string of the molecule is Cc1nn(-c2ccccc2)c(C)c1CC(=O)N1CCCC(OCc2ccccn2)C1. The van der Waals surface area contributed by atoms with Crippen molar-refractivity contribution in [3.05, 3.63) is 77.4 Å². The van der Waals surface area contributed by atoms with E-state index in [-0.39, 0.29) is 12.0 Å². The maximum Gasteiger partial charge on any atom is 0.227 e. The molecule has 0 spiro atoms. The fourth-order valence-electron chi connectivity index (χ4n) is 4.00. The third-order valence-corrected chi connectivity index (χ3v) is 5.69. The lowest BCUT2D eigenvalue weighted by molar-refractivity contribution is -0.134. The van der Waals surface area contributed by atoms with Crippen LogP contribution >= 0.6 is 0 Å². The Hall–Kier alpha value is -2.99. The van der Waals surface area contributed by atoms with Crippen LogP contribution in [0, 0.1) is 13.8 Å². The summed E-state index contributed by atoms with van der Waals surface area (Å²) in [7, 11) is 0. The van der Waals surface area contributed by atoms with Gasteiger partial charge in [-0.3, -0.25) is 9.78 Å². The van der Waals surface area contributed by atoms with E-state index in [2.05, 4.69) is 10.1 Å². The molecule has 0 radical (unpaired) electrons. The van der Waals surface area contributed by atoms with Gasteiger partial charge in [0.1, 0.15) is 0 Å². The summed E-state index contributed by atoms with van der Waals surface area (Å²) in [5.74, 6) is 0.139. The van der Waals surface area contributed by atoms with E-state index >= 15 is 0 Å². The minimum Gasteiger partial charge on any atom is -0.370 e. The largest absolute Gasteiger partial charge is 0.370 e. The van der Waals surface area contributed by atoms with Crippen LogP contribution < -0.4 is 0 Å². The Bertz CT molecular complexity index is 985. The number of carbonyl (C=O) groups is 1. The van der Waals surface area contributed by atoms with E-state index in [1.165, 1.54) is 0 Å². The Morgan fingerprint density at radius 2 is 1.93 bits per heavy atom. The first-order valence-corrected chi connectivity index (χ1v) is 10.5. The first kappa shape index (κ1) is 20.3. The van der Waals surface area contributed by atoms with Crippen LogP contribution in [0.3, 0.4) is 0 Å². The topological polar surface area (TPSA) is 60.2 Å². The van der Waals surface area contributed by atoms with E-state index in [9.17, 15) is 4.79 Å². The zero-order chi connectivity index (χ0) is 20.9. The third-order valence-electron chi connectivity index (χ3n) is 5.69. The Balaban J connectivity index is 1.39. The lowest BCUT2D eigenvalue weighted by Gasteiger charge is -2.32. The lowest BCUT2D eigenvalue weighted by Crippen LogP contribution is -2.44. The molecule has 1 amide bonds. The van der Waals surface area contributed by atoms with Crippen molar-refractivity contribution in [2.75, 3.05) is 13.1 Å². The van der Waals surface area contributed by atoms with Gasteiger partial charge in [0.2, 0.25) is 5.91 Å². The molecule has 1 saturated heterocycles. The monoisotopic (exact) mass is 404 g/mol. The molecule has 1 aliphatic heterocycles. The summed E-state index contributed by atoms with van der Waals surface area (Å²) in [5.41, 5.74) is 4.87. The number of hydrogen-bond donors (Lipinski definition) is 0. The number of rotatable bonds is 6. The van der Waals surface area contributed by atoms with Crippen LogP contribution in [0.5, 0.6) is 0 Å². The highest BCUT2D eigenvalue weighted by molar-refractivity contribution is 5.79. The van der Waals surface area contributed by atoms with Crippen molar-refractivity contribution < 1.29 is 9.53 Å². The zero-order valence-electron chi connectivity index (χ0n) is 17.6. The summed E-state index contributed by atoms with van der Waals surface area (Å²) >= 11 is 0. The lowest BCUT2D eigenvalue weighted by atomic mass is 10.1. The number of nitrogens with zero attached hydrogens (tertiary/aromatic N) is 4. The zero-order valence-corrected chi connectivity index (χ0v) is 17.6. The molecule has 1 aliphatic rings. The number of likely N-dealkylation sites (tertiary alicyclic amines) is 1. The third kappa shape index (κ3) is 4.60. The normalized spacial score (nSPS) is 16.6. The van der Waals surface area contributed by atoms with Crippen LogP contribution in [0.25, 0.3) is 5.69 Å². The molecule has 156 valence electrons. The number of aromatic nitrogens is 3. The number of piperidine rings is 1. The van der Waals surface area contributed by atoms with Crippen molar-refractivity contribution >= 4 is 5.91 Å². The summed E-state index contributed by atoms with van der Waals surface area (Å²) in [6, 6.07) is 15.9. The molecule has 0 N–H and O–H groups in total. The fraction of sp³-hybridized carbons (Fsp3) is 0.375. The second-order valence-corrected chi connectivity index (χ2v) is 7.81. The number of benzene rings is 1. The average Bonchev–Trinajstić information content (AvgIpc) is 3.07. The fourth-order valence-corrected chi connectivity index (χ4v) is 4.00. The predicted octanol–water partition coefficient (Wildman–Crippen LogP) is 3.63. The second kappa shape index (κ2) is 9.22. The summed E-state index contributed by atoms with van der Waals surface area (Å²) in [6.07, 6.45) is 4.13. The Morgan fingerprint density at radius 1 is 1.13 bits per heavy atom. The molecule has 0 aliphatic carbocycles. The molecule has 2 aromatic heterocycles. The summed E-state index contributed by atoms with van der Waals surface area (Å²) in [6.45, 7) is 5.91. The van der Waals surface area contributed by atoms with Gasteiger partial charge in [-0.1, -0.05) is 24.3 Å². The molecule has 1 aromatic carbocycles. The minimum absolute atomic E-state index is 0.0546. The van der Waals surface area contributed by atoms with Crippen molar-refractivity contribution in [2.45, 2.75) is 45.8 Å². The van der Waals surface area contributed by atoms with Gasteiger partial charge >= 0.3 is 0 Å². The van der Waals surface area contributed by atoms with Crippen LogP contribution in [-0.2, 0) is 22.6 Å². The molecule has 0 bridgehead atoms. The molecule has 1 unspecified atom stereocenters. The predicted molar refractivity (Wildman–Crippen MR) is 115 cm³/mol. The Kier molecular flexibility index (Phi) is 6.23. The molecular weight excluding hydrogens is 376 g/mol. The van der Waals surface area contributed by atoms with Gasteiger partial charge in [-0.25, -0.2) is 4.68 Å². The van der Waals surface area contributed by atoms with E-state index in [0.717, 1.165) is 47.7 Å². The molecule has 0 saturated carbocycles. The molecule has 3 aromatic rings. The number of para-hydroxylation sites is 1.